The highest BCUT2D eigenvalue weighted by Gasteiger charge is 2.52. The predicted octanol–water partition coefficient (Wildman–Crippen LogP) is 3.66. The number of carboxylic acid groups (broad SMARTS) is 1. The highest BCUT2D eigenvalue weighted by molar-refractivity contribution is 5.88. The van der Waals surface area contributed by atoms with Crippen LogP contribution in [-0.4, -0.2) is 67.7 Å². The van der Waals surface area contributed by atoms with Crippen molar-refractivity contribution in [2.75, 3.05) is 13.7 Å². The molecule has 1 fully saturated rings. The van der Waals surface area contributed by atoms with Crippen LogP contribution in [0.1, 0.15) is 34.1 Å². The third-order valence-corrected chi connectivity index (χ3v) is 5.68. The Balaban J connectivity index is 1.70. The lowest BCUT2D eigenvalue weighted by Gasteiger charge is -2.32. The molecule has 0 bridgehead atoms. The van der Waals surface area contributed by atoms with E-state index in [1.165, 1.54) is 11.8 Å². The molecule has 0 unspecified atom stereocenters. The molecule has 1 saturated heterocycles. The number of benzene rings is 1. The molecule has 180 valence electrons. The van der Waals surface area contributed by atoms with Gasteiger partial charge in [-0.25, -0.2) is 19.3 Å². The number of rotatable bonds is 5. The fourth-order valence-corrected chi connectivity index (χ4v) is 3.99. The van der Waals surface area contributed by atoms with E-state index in [9.17, 15) is 14.7 Å². The minimum absolute atomic E-state index is 0.0643. The number of ether oxygens (including phenoxy) is 3. The number of likely N-dealkylation sites (tertiary alicyclic amines) is 1. The zero-order valence-corrected chi connectivity index (χ0v) is 19.8. The van der Waals surface area contributed by atoms with E-state index in [1.807, 2.05) is 6.07 Å². The number of amides is 1. The maximum atomic E-state index is 12.8. The predicted molar refractivity (Wildman–Crippen MR) is 123 cm³/mol. The molecule has 0 saturated carbocycles. The first-order chi connectivity index (χ1) is 16.0. The van der Waals surface area contributed by atoms with Crippen LogP contribution < -0.4 is 9.47 Å². The molecule has 0 radical (unpaired) electrons. The van der Waals surface area contributed by atoms with E-state index in [4.69, 9.17) is 14.2 Å². The van der Waals surface area contributed by atoms with Crippen molar-refractivity contribution in [2.45, 2.75) is 51.4 Å². The van der Waals surface area contributed by atoms with Gasteiger partial charge in [0.15, 0.2) is 5.82 Å². The van der Waals surface area contributed by atoms with Gasteiger partial charge >= 0.3 is 12.1 Å². The van der Waals surface area contributed by atoms with Crippen LogP contribution in [-0.2, 0) is 9.53 Å². The number of carbonyl (C=O) groups is 2. The van der Waals surface area contributed by atoms with Gasteiger partial charge in [-0.1, -0.05) is 0 Å². The van der Waals surface area contributed by atoms with E-state index < -0.39 is 29.3 Å². The van der Waals surface area contributed by atoms with Crippen molar-refractivity contribution in [3.63, 3.8) is 0 Å². The monoisotopic (exact) mass is 468 g/mol. The van der Waals surface area contributed by atoms with E-state index >= 15 is 0 Å². The average molecular weight is 469 g/mol. The van der Waals surface area contributed by atoms with Crippen LogP contribution in [0.15, 0.2) is 42.7 Å². The van der Waals surface area contributed by atoms with Crippen molar-refractivity contribution in [1.29, 1.82) is 0 Å². The van der Waals surface area contributed by atoms with Gasteiger partial charge in [-0.05, 0) is 45.9 Å². The van der Waals surface area contributed by atoms with Crippen molar-refractivity contribution in [2.24, 2.45) is 0 Å². The molecule has 0 spiro atoms. The molecule has 0 aliphatic carbocycles. The molecule has 2 atom stereocenters. The number of fused-ring (bicyclic) bond motifs is 1. The zero-order chi connectivity index (χ0) is 24.7. The van der Waals surface area contributed by atoms with Gasteiger partial charge in [-0.3, -0.25) is 4.90 Å². The Bertz CT molecular complexity index is 1220. The van der Waals surface area contributed by atoms with Gasteiger partial charge in [-0.15, -0.1) is 0 Å². The van der Waals surface area contributed by atoms with Gasteiger partial charge < -0.3 is 19.3 Å². The van der Waals surface area contributed by atoms with Gasteiger partial charge in [0.05, 0.1) is 19.2 Å². The van der Waals surface area contributed by atoms with E-state index in [0.717, 1.165) is 5.39 Å². The van der Waals surface area contributed by atoms with Crippen LogP contribution in [0, 0.1) is 0 Å². The Kier molecular flexibility index (Phi) is 5.84. The number of aromatic nitrogens is 3. The molecule has 1 amide bonds. The first kappa shape index (κ1) is 23.3. The summed E-state index contributed by atoms with van der Waals surface area (Å²) in [5.41, 5.74) is -1.59. The molecule has 1 aliphatic rings. The summed E-state index contributed by atoms with van der Waals surface area (Å²) in [7, 11) is 1.58. The zero-order valence-electron chi connectivity index (χ0n) is 19.8. The number of nitrogens with zero attached hydrogens (tertiary/aromatic N) is 4. The first-order valence-corrected chi connectivity index (χ1v) is 10.9. The van der Waals surface area contributed by atoms with Gasteiger partial charge in [0.1, 0.15) is 28.7 Å². The van der Waals surface area contributed by atoms with E-state index in [0.29, 0.717) is 22.8 Å². The summed E-state index contributed by atoms with van der Waals surface area (Å²) in [4.78, 5) is 30.9. The first-order valence-electron chi connectivity index (χ1n) is 10.9. The molecular formula is C24H28N4O6. The largest absolute Gasteiger partial charge is 0.497 e. The summed E-state index contributed by atoms with van der Waals surface area (Å²) in [5.74, 6) is 0.552. The molecule has 4 rings (SSSR count). The number of aliphatic carboxylic acids is 1. The smallest absolute Gasteiger partial charge is 0.411 e. The summed E-state index contributed by atoms with van der Waals surface area (Å²) in [6.45, 7) is 6.78. The Morgan fingerprint density at radius 3 is 2.62 bits per heavy atom. The summed E-state index contributed by atoms with van der Waals surface area (Å²) in [6, 6.07) is 8.95. The maximum Gasteiger partial charge on any atom is 0.411 e. The minimum Gasteiger partial charge on any atom is -0.497 e. The van der Waals surface area contributed by atoms with E-state index in [2.05, 4.69) is 10.1 Å². The van der Waals surface area contributed by atoms with Gasteiger partial charge in [0.25, 0.3) is 0 Å². The second-order valence-electron chi connectivity index (χ2n) is 9.43. The van der Waals surface area contributed by atoms with Crippen LogP contribution in [0.5, 0.6) is 11.5 Å². The van der Waals surface area contributed by atoms with Gasteiger partial charge in [0.2, 0.25) is 0 Å². The summed E-state index contributed by atoms with van der Waals surface area (Å²) in [6.07, 6.45) is 2.24. The highest BCUT2D eigenvalue weighted by Crippen LogP contribution is 2.36. The molecule has 1 aliphatic heterocycles. The fraction of sp³-hybridized carbons (Fsp3) is 0.417. The van der Waals surface area contributed by atoms with Crippen molar-refractivity contribution in [1.82, 2.24) is 19.7 Å². The number of hydrogen-bond donors (Lipinski definition) is 1. The second kappa shape index (κ2) is 8.51. The number of carboxylic acids is 1. The number of carbonyl (C=O) groups excluding carboxylic acids is 1. The molecule has 3 heterocycles. The Labute approximate surface area is 197 Å². The quantitative estimate of drug-likeness (QED) is 0.603. The summed E-state index contributed by atoms with van der Waals surface area (Å²) in [5, 5.41) is 14.9. The SMILES string of the molecule is COc1ccc2c(O[C@H]3CN(C(=O)OC(C)(C)C)[C@](C)(C(=O)O)C3)cc(-n3cccn3)nc2c1. The third-order valence-electron chi connectivity index (χ3n) is 5.68. The normalized spacial score (nSPS) is 20.4. The second-order valence-corrected chi connectivity index (χ2v) is 9.43. The van der Waals surface area contributed by atoms with Gasteiger partial charge in [0, 0.05) is 36.3 Å². The lowest BCUT2D eigenvalue weighted by Crippen LogP contribution is -2.52. The topological polar surface area (TPSA) is 116 Å². The van der Waals surface area contributed by atoms with Crippen LogP contribution in [0.3, 0.4) is 0 Å². The lowest BCUT2D eigenvalue weighted by atomic mass is 9.98. The summed E-state index contributed by atoms with van der Waals surface area (Å²) >= 11 is 0. The molecule has 34 heavy (non-hydrogen) atoms. The number of methoxy groups -OCH3 is 1. The van der Waals surface area contributed by atoms with Crippen LogP contribution in [0.25, 0.3) is 16.7 Å². The molecule has 10 heteroatoms. The van der Waals surface area contributed by atoms with Crippen molar-refractivity contribution in [3.8, 4) is 17.3 Å². The highest BCUT2D eigenvalue weighted by atomic mass is 16.6. The average Bonchev–Trinajstić information content (AvgIpc) is 3.41. The van der Waals surface area contributed by atoms with Crippen molar-refractivity contribution in [3.05, 3.63) is 42.7 Å². The molecule has 10 nitrogen and oxygen atoms in total. The van der Waals surface area contributed by atoms with E-state index in [-0.39, 0.29) is 13.0 Å². The molecule has 1 N–H and O–H groups in total. The standard InChI is InChI=1S/C24H28N4O6/c1-23(2,3)34-22(31)27-14-16(13-24(27,4)21(29)30)33-19-12-20(28-10-6-9-25-28)26-18-11-15(32-5)7-8-17(18)19/h6-12,16H,13-14H2,1-5H3,(H,29,30)/t16-,24+/m1/s1. The molecule has 3 aromatic rings. The number of hydrogen-bond acceptors (Lipinski definition) is 7. The van der Waals surface area contributed by atoms with Crippen LogP contribution >= 0.6 is 0 Å². The third kappa shape index (κ3) is 4.48. The molecular weight excluding hydrogens is 440 g/mol. The lowest BCUT2D eigenvalue weighted by molar-refractivity contribution is -0.148. The fourth-order valence-electron chi connectivity index (χ4n) is 3.99. The number of pyridine rings is 1. The van der Waals surface area contributed by atoms with E-state index in [1.54, 1.807) is 69.2 Å². The molecule has 2 aromatic heterocycles. The van der Waals surface area contributed by atoms with Crippen LogP contribution in [0.2, 0.25) is 0 Å². The van der Waals surface area contributed by atoms with Crippen molar-refractivity contribution < 1.29 is 28.9 Å². The maximum absolute atomic E-state index is 12.8. The molecule has 1 aromatic carbocycles. The van der Waals surface area contributed by atoms with Crippen LogP contribution in [0.4, 0.5) is 4.79 Å². The minimum atomic E-state index is -1.47. The Hall–Kier alpha value is -3.82. The Morgan fingerprint density at radius 2 is 2.00 bits per heavy atom. The van der Waals surface area contributed by atoms with Crippen molar-refractivity contribution >= 4 is 23.0 Å². The Morgan fingerprint density at radius 1 is 1.24 bits per heavy atom. The summed E-state index contributed by atoms with van der Waals surface area (Å²) < 4.78 is 18.7. The van der Waals surface area contributed by atoms with Gasteiger partial charge in [-0.2, -0.15) is 5.10 Å².